The lowest BCUT2D eigenvalue weighted by Gasteiger charge is -2.17. The van der Waals surface area contributed by atoms with Crippen molar-refractivity contribution in [2.45, 2.75) is 39.2 Å². The van der Waals surface area contributed by atoms with E-state index >= 15 is 0 Å². The lowest BCUT2D eigenvalue weighted by molar-refractivity contribution is 0.314. The van der Waals surface area contributed by atoms with Gasteiger partial charge in [-0.05, 0) is 37.6 Å². The molecule has 0 aromatic rings. The first kappa shape index (κ1) is 13.7. The molecule has 4 heteroatoms. The maximum Gasteiger partial charge on any atom is 0.190 e. The number of guanidine groups is 1. The first-order chi connectivity index (χ1) is 8.69. The van der Waals surface area contributed by atoms with E-state index in [9.17, 15) is 0 Å². The largest absolute Gasteiger partial charge is 0.356 e. The van der Waals surface area contributed by atoms with E-state index in [0.717, 1.165) is 31.0 Å². The second kappa shape index (κ2) is 6.41. The average Bonchev–Trinajstić information content (AvgIpc) is 3.09. The van der Waals surface area contributed by atoms with E-state index in [0.29, 0.717) is 5.92 Å². The van der Waals surface area contributed by atoms with Crippen LogP contribution in [0.15, 0.2) is 4.99 Å². The van der Waals surface area contributed by atoms with Crippen molar-refractivity contribution in [2.24, 2.45) is 16.8 Å². The summed E-state index contributed by atoms with van der Waals surface area (Å²) in [6.07, 6.45) is 4.19. The van der Waals surface area contributed by atoms with Crippen LogP contribution in [0.3, 0.4) is 0 Å². The molecule has 1 unspecified atom stereocenters. The van der Waals surface area contributed by atoms with E-state index in [4.69, 9.17) is 0 Å². The Morgan fingerprint density at radius 1 is 1.28 bits per heavy atom. The van der Waals surface area contributed by atoms with Crippen LogP contribution in [0.25, 0.3) is 0 Å². The molecule has 0 aromatic heterocycles. The smallest absolute Gasteiger partial charge is 0.190 e. The molecule has 1 heterocycles. The van der Waals surface area contributed by atoms with Crippen LogP contribution in [0.4, 0.5) is 0 Å². The van der Waals surface area contributed by atoms with Crippen molar-refractivity contribution >= 4 is 5.96 Å². The Labute approximate surface area is 111 Å². The maximum absolute atomic E-state index is 4.27. The molecule has 18 heavy (non-hydrogen) atoms. The minimum Gasteiger partial charge on any atom is -0.356 e. The van der Waals surface area contributed by atoms with Crippen molar-refractivity contribution in [1.29, 1.82) is 0 Å². The average molecular weight is 252 g/mol. The van der Waals surface area contributed by atoms with Crippen LogP contribution in [0.2, 0.25) is 0 Å². The van der Waals surface area contributed by atoms with Crippen molar-refractivity contribution in [3.8, 4) is 0 Å². The molecule has 2 fully saturated rings. The second-order valence-corrected chi connectivity index (χ2v) is 6.11. The molecule has 104 valence electrons. The zero-order valence-corrected chi connectivity index (χ0v) is 12.1. The highest BCUT2D eigenvalue weighted by Gasteiger charge is 2.34. The Balaban J connectivity index is 1.64. The Kier molecular flexibility index (Phi) is 4.87. The third-order valence-corrected chi connectivity index (χ3v) is 3.84. The van der Waals surface area contributed by atoms with Gasteiger partial charge in [-0.15, -0.1) is 0 Å². The van der Waals surface area contributed by atoms with Gasteiger partial charge in [-0.1, -0.05) is 13.8 Å². The molecule has 0 aromatic carbocycles. The van der Waals surface area contributed by atoms with E-state index in [1.165, 1.54) is 32.4 Å². The van der Waals surface area contributed by atoms with Crippen LogP contribution in [0, 0.1) is 11.8 Å². The highest BCUT2D eigenvalue weighted by atomic mass is 15.2. The van der Waals surface area contributed by atoms with Crippen LogP contribution < -0.4 is 10.6 Å². The minimum atomic E-state index is 0.653. The van der Waals surface area contributed by atoms with Gasteiger partial charge in [-0.25, -0.2) is 0 Å². The van der Waals surface area contributed by atoms with Crippen LogP contribution >= 0.6 is 0 Å². The number of hydrogen-bond donors (Lipinski definition) is 2. The molecule has 1 atom stereocenters. The Hall–Kier alpha value is -0.770. The molecule has 1 saturated heterocycles. The van der Waals surface area contributed by atoms with E-state index in [1.807, 2.05) is 7.05 Å². The number of hydrogen-bond acceptors (Lipinski definition) is 2. The highest BCUT2D eigenvalue weighted by Crippen LogP contribution is 2.31. The number of nitrogens with zero attached hydrogens (tertiary/aromatic N) is 2. The summed E-state index contributed by atoms with van der Waals surface area (Å²) >= 11 is 0. The molecule has 1 aliphatic carbocycles. The topological polar surface area (TPSA) is 39.7 Å². The number of rotatable bonds is 5. The first-order valence-electron chi connectivity index (χ1n) is 7.37. The summed E-state index contributed by atoms with van der Waals surface area (Å²) in [5.74, 6) is 2.40. The van der Waals surface area contributed by atoms with Crippen molar-refractivity contribution < 1.29 is 0 Å². The number of nitrogens with one attached hydrogen (secondary N) is 2. The Bertz CT molecular complexity index is 284. The van der Waals surface area contributed by atoms with Crippen molar-refractivity contribution in [3.63, 3.8) is 0 Å². The van der Waals surface area contributed by atoms with Gasteiger partial charge in [0.1, 0.15) is 0 Å². The number of aliphatic imine (C=N–C) groups is 1. The summed E-state index contributed by atoms with van der Waals surface area (Å²) in [5, 5.41) is 6.82. The van der Waals surface area contributed by atoms with E-state index in [1.54, 1.807) is 0 Å². The van der Waals surface area contributed by atoms with Gasteiger partial charge in [0.25, 0.3) is 0 Å². The van der Waals surface area contributed by atoms with E-state index in [-0.39, 0.29) is 0 Å². The predicted molar refractivity (Wildman–Crippen MR) is 76.9 cm³/mol. The lowest BCUT2D eigenvalue weighted by Crippen LogP contribution is -2.41. The second-order valence-electron chi connectivity index (χ2n) is 6.11. The lowest BCUT2D eigenvalue weighted by atomic mass is 10.1. The monoisotopic (exact) mass is 252 g/mol. The summed E-state index contributed by atoms with van der Waals surface area (Å²) in [4.78, 5) is 6.93. The molecule has 4 nitrogen and oxygen atoms in total. The molecule has 0 spiro atoms. The third-order valence-electron chi connectivity index (χ3n) is 3.84. The zero-order valence-electron chi connectivity index (χ0n) is 12.1. The van der Waals surface area contributed by atoms with Gasteiger partial charge in [-0.2, -0.15) is 0 Å². The molecular weight excluding hydrogens is 224 g/mol. The molecule has 0 bridgehead atoms. The van der Waals surface area contributed by atoms with Gasteiger partial charge < -0.3 is 15.5 Å². The molecule has 2 aliphatic rings. The van der Waals surface area contributed by atoms with Gasteiger partial charge in [-0.3, -0.25) is 4.99 Å². The first-order valence-corrected chi connectivity index (χ1v) is 7.37. The highest BCUT2D eigenvalue weighted by molar-refractivity contribution is 5.79. The summed E-state index contributed by atoms with van der Waals surface area (Å²) in [6.45, 7) is 9.04. The van der Waals surface area contributed by atoms with Gasteiger partial charge in [0.05, 0.1) is 0 Å². The summed E-state index contributed by atoms with van der Waals surface area (Å²) in [7, 11) is 1.85. The number of likely N-dealkylation sites (tertiary alicyclic amines) is 1. The fraction of sp³-hybridized carbons (Fsp3) is 0.929. The third kappa shape index (κ3) is 4.16. The molecule has 2 N–H and O–H groups in total. The van der Waals surface area contributed by atoms with Crippen LogP contribution in [0.1, 0.15) is 33.1 Å². The molecule has 0 radical (unpaired) electrons. The SMILES string of the molecule is CN=C(NCC(C)C)NCC1CCN(C2CC2)C1. The Morgan fingerprint density at radius 3 is 2.67 bits per heavy atom. The molecular formula is C14H28N4. The van der Waals surface area contributed by atoms with Crippen molar-refractivity contribution in [1.82, 2.24) is 15.5 Å². The molecule has 1 saturated carbocycles. The molecule has 0 amide bonds. The minimum absolute atomic E-state index is 0.653. The van der Waals surface area contributed by atoms with E-state index in [2.05, 4.69) is 34.4 Å². The fourth-order valence-corrected chi connectivity index (χ4v) is 2.56. The van der Waals surface area contributed by atoms with Gasteiger partial charge in [0.15, 0.2) is 5.96 Å². The fourth-order valence-electron chi connectivity index (χ4n) is 2.56. The normalized spacial score (nSPS) is 25.8. The quantitative estimate of drug-likeness (QED) is 0.572. The van der Waals surface area contributed by atoms with Gasteiger partial charge in [0, 0.05) is 32.7 Å². The van der Waals surface area contributed by atoms with Crippen LogP contribution in [-0.4, -0.2) is 50.1 Å². The molecule has 1 aliphatic heterocycles. The standard InChI is InChI=1S/C14H28N4/c1-11(2)8-16-14(15-3)17-9-12-6-7-18(10-12)13-4-5-13/h11-13H,4-10H2,1-3H3,(H2,15,16,17). The Morgan fingerprint density at radius 2 is 2.06 bits per heavy atom. The summed E-state index contributed by atoms with van der Waals surface area (Å²) < 4.78 is 0. The summed E-state index contributed by atoms with van der Waals surface area (Å²) in [5.41, 5.74) is 0. The van der Waals surface area contributed by atoms with E-state index < -0.39 is 0 Å². The summed E-state index contributed by atoms with van der Waals surface area (Å²) in [6, 6.07) is 0.924. The van der Waals surface area contributed by atoms with Crippen molar-refractivity contribution in [3.05, 3.63) is 0 Å². The van der Waals surface area contributed by atoms with Crippen LogP contribution in [0.5, 0.6) is 0 Å². The van der Waals surface area contributed by atoms with Crippen molar-refractivity contribution in [2.75, 3.05) is 33.2 Å². The van der Waals surface area contributed by atoms with Crippen LogP contribution in [-0.2, 0) is 0 Å². The maximum atomic E-state index is 4.27. The zero-order chi connectivity index (χ0) is 13.0. The van der Waals surface area contributed by atoms with Gasteiger partial charge in [0.2, 0.25) is 0 Å². The van der Waals surface area contributed by atoms with Gasteiger partial charge >= 0.3 is 0 Å². The molecule has 2 rings (SSSR count). The predicted octanol–water partition coefficient (Wildman–Crippen LogP) is 1.29.